The molecule has 228 valence electrons. The van der Waals surface area contributed by atoms with Crippen molar-refractivity contribution in [2.75, 3.05) is 19.7 Å². The number of thiol groups is 1. The number of aromatic carboxylic acids is 1. The lowest BCUT2D eigenvalue weighted by molar-refractivity contribution is 0.0696. The number of rotatable bonds is 10. The summed E-state index contributed by atoms with van der Waals surface area (Å²) < 4.78 is 11.8. The second kappa shape index (κ2) is 19.2. The molecule has 7 N–H and O–H groups in total. The minimum absolute atomic E-state index is 0. The highest BCUT2D eigenvalue weighted by Crippen LogP contribution is 2.20. The van der Waals surface area contributed by atoms with Gasteiger partial charge in [-0.05, 0) is 60.5 Å². The van der Waals surface area contributed by atoms with Crippen LogP contribution in [0.5, 0.6) is 11.5 Å². The van der Waals surface area contributed by atoms with Crippen LogP contribution in [0.3, 0.4) is 0 Å². The van der Waals surface area contributed by atoms with Crippen molar-refractivity contribution in [1.82, 2.24) is 4.90 Å². The molecule has 9 nitrogen and oxygen atoms in total. The summed E-state index contributed by atoms with van der Waals surface area (Å²) in [6, 6.07) is 21.4. The number of ether oxygens (including phenoxy) is 2. The molecule has 1 aliphatic rings. The third-order valence-corrected chi connectivity index (χ3v) is 6.40. The molecule has 4 rings (SSSR count). The Morgan fingerprint density at radius 2 is 1.67 bits per heavy atom. The quantitative estimate of drug-likeness (QED) is 0.0995. The van der Waals surface area contributed by atoms with Gasteiger partial charge in [0.25, 0.3) is 0 Å². The van der Waals surface area contributed by atoms with E-state index in [4.69, 9.17) is 36.9 Å². The van der Waals surface area contributed by atoms with Gasteiger partial charge in [-0.1, -0.05) is 45.5 Å². The van der Waals surface area contributed by atoms with Crippen LogP contribution >= 0.6 is 12.6 Å². The van der Waals surface area contributed by atoms with E-state index in [2.05, 4.69) is 12.6 Å². The highest BCUT2D eigenvalue weighted by atomic mass is 32.1. The predicted molar refractivity (Wildman–Crippen MR) is 174 cm³/mol. The molecule has 0 aliphatic carbocycles. The van der Waals surface area contributed by atoms with Gasteiger partial charge >= 0.3 is 5.97 Å². The first-order valence-electron chi connectivity index (χ1n) is 13.6. The Balaban J connectivity index is 0.000000572. The SMILES string of the molecule is C.CC.N=CN1CCC(Oc2ccc(C[C@H](N)COc3cccc(C(=N)N)c3)cc2)CC1.O=C(O)c1ccc(S)cc1. The molecule has 1 saturated heterocycles. The number of nitrogen functional groups attached to an aromatic ring is 1. The lowest BCUT2D eigenvalue weighted by atomic mass is 10.1. The molecule has 1 atom stereocenters. The van der Waals surface area contributed by atoms with E-state index in [-0.39, 0.29) is 31.0 Å². The van der Waals surface area contributed by atoms with Crippen molar-refractivity contribution >= 4 is 30.8 Å². The molecule has 1 heterocycles. The zero-order valence-corrected chi connectivity index (χ0v) is 24.5. The Bertz CT molecular complexity index is 1230. The summed E-state index contributed by atoms with van der Waals surface area (Å²) in [6.45, 7) is 6.12. The number of piperidine rings is 1. The number of amidine groups is 1. The van der Waals surface area contributed by atoms with E-state index in [9.17, 15) is 4.79 Å². The van der Waals surface area contributed by atoms with E-state index in [1.807, 2.05) is 55.1 Å². The van der Waals surface area contributed by atoms with E-state index in [1.165, 1.54) is 18.5 Å². The summed E-state index contributed by atoms with van der Waals surface area (Å²) in [6.07, 6.45) is 4.18. The Kier molecular flexibility index (Phi) is 16.4. The van der Waals surface area contributed by atoms with Crippen molar-refractivity contribution in [3.05, 3.63) is 89.5 Å². The Morgan fingerprint density at radius 1 is 1.05 bits per heavy atom. The van der Waals surface area contributed by atoms with Gasteiger partial charge in [0.2, 0.25) is 0 Å². The van der Waals surface area contributed by atoms with Crippen LogP contribution in [0.4, 0.5) is 0 Å². The van der Waals surface area contributed by atoms with Crippen LogP contribution in [-0.4, -0.2) is 60.0 Å². The normalized spacial score (nSPS) is 13.1. The summed E-state index contributed by atoms with van der Waals surface area (Å²) in [7, 11) is 0. The van der Waals surface area contributed by atoms with Crippen LogP contribution < -0.4 is 20.9 Å². The molecular weight excluding hydrogens is 550 g/mol. The molecule has 42 heavy (non-hydrogen) atoms. The minimum atomic E-state index is -0.909. The van der Waals surface area contributed by atoms with Crippen LogP contribution in [0.1, 0.15) is 55.6 Å². The number of hydrogen-bond donors (Lipinski definition) is 6. The molecule has 0 saturated carbocycles. The van der Waals surface area contributed by atoms with Gasteiger partial charge in [-0.3, -0.25) is 10.8 Å². The molecule has 0 spiro atoms. The number of benzene rings is 3. The van der Waals surface area contributed by atoms with E-state index in [0.29, 0.717) is 24.3 Å². The number of nitrogens with one attached hydrogen (secondary N) is 2. The Labute approximate surface area is 255 Å². The first-order valence-corrected chi connectivity index (χ1v) is 14.0. The number of carboxylic acids is 1. The Morgan fingerprint density at radius 3 is 2.21 bits per heavy atom. The summed E-state index contributed by atoms with van der Waals surface area (Å²) in [5, 5.41) is 23.2. The lowest BCUT2D eigenvalue weighted by Gasteiger charge is -2.30. The third kappa shape index (κ3) is 12.7. The predicted octanol–water partition coefficient (Wildman–Crippen LogP) is 5.71. The fraction of sp³-hybridized carbons (Fsp3) is 0.344. The molecule has 1 fully saturated rings. The molecule has 10 heteroatoms. The van der Waals surface area contributed by atoms with Gasteiger partial charge in [0.1, 0.15) is 30.0 Å². The van der Waals surface area contributed by atoms with Gasteiger partial charge in [-0.2, -0.15) is 0 Å². The smallest absolute Gasteiger partial charge is 0.335 e. The number of likely N-dealkylation sites (tertiary alicyclic amines) is 1. The molecule has 3 aromatic carbocycles. The molecule has 0 amide bonds. The van der Waals surface area contributed by atoms with Crippen molar-refractivity contribution in [1.29, 1.82) is 10.8 Å². The Hall–Kier alpha value is -4.02. The van der Waals surface area contributed by atoms with Crippen LogP contribution in [0.25, 0.3) is 0 Å². The van der Waals surface area contributed by atoms with Crippen molar-refractivity contribution in [3.63, 3.8) is 0 Å². The summed E-state index contributed by atoms with van der Waals surface area (Å²) in [5.41, 5.74) is 13.8. The van der Waals surface area contributed by atoms with E-state index in [1.54, 1.807) is 24.3 Å². The van der Waals surface area contributed by atoms with E-state index in [0.717, 1.165) is 42.1 Å². The number of carboxylic acid groups (broad SMARTS) is 1. The topological polar surface area (TPSA) is 159 Å². The highest BCUT2D eigenvalue weighted by Gasteiger charge is 2.18. The second-order valence-electron chi connectivity index (χ2n) is 9.19. The second-order valence-corrected chi connectivity index (χ2v) is 9.71. The maximum absolute atomic E-state index is 10.3. The molecule has 0 radical (unpaired) electrons. The number of nitrogens with zero attached hydrogens (tertiary/aromatic N) is 1. The van der Waals surface area contributed by atoms with E-state index >= 15 is 0 Å². The summed E-state index contributed by atoms with van der Waals surface area (Å²) >= 11 is 4.01. The maximum atomic E-state index is 10.3. The fourth-order valence-electron chi connectivity index (χ4n) is 3.94. The number of nitrogens with two attached hydrogens (primary N) is 2. The maximum Gasteiger partial charge on any atom is 0.335 e. The van der Waals surface area contributed by atoms with Crippen LogP contribution in [0, 0.1) is 10.8 Å². The molecule has 0 unspecified atom stereocenters. The summed E-state index contributed by atoms with van der Waals surface area (Å²) in [5.74, 6) is 0.634. The third-order valence-electron chi connectivity index (χ3n) is 6.11. The highest BCUT2D eigenvalue weighted by molar-refractivity contribution is 7.80. The summed E-state index contributed by atoms with van der Waals surface area (Å²) in [4.78, 5) is 13.1. The molecule has 1 aliphatic heterocycles. The van der Waals surface area contributed by atoms with Gasteiger partial charge in [-0.15, -0.1) is 12.6 Å². The molecule has 0 bridgehead atoms. The van der Waals surface area contributed by atoms with Gasteiger partial charge in [-0.25, -0.2) is 4.79 Å². The lowest BCUT2D eigenvalue weighted by Crippen LogP contribution is -2.37. The molecular formula is C32H45N5O4S. The first-order chi connectivity index (χ1) is 19.7. The molecule has 3 aromatic rings. The van der Waals surface area contributed by atoms with Crippen molar-refractivity contribution in [2.45, 2.75) is 57.6 Å². The number of carbonyl (C=O) groups is 1. The average molecular weight is 596 g/mol. The molecule has 0 aromatic heterocycles. The average Bonchev–Trinajstić information content (AvgIpc) is 2.99. The zero-order valence-electron chi connectivity index (χ0n) is 23.6. The van der Waals surface area contributed by atoms with Crippen LogP contribution in [0.2, 0.25) is 0 Å². The first kappa shape index (κ1) is 36.0. The van der Waals surface area contributed by atoms with Crippen molar-refractivity contribution in [3.8, 4) is 11.5 Å². The van der Waals surface area contributed by atoms with E-state index < -0.39 is 5.97 Å². The minimum Gasteiger partial charge on any atom is -0.492 e. The van der Waals surface area contributed by atoms with Crippen molar-refractivity contribution in [2.24, 2.45) is 11.5 Å². The standard InChI is InChI=1S/C22H29N5O2.C7H6O2S.C2H6.CH4/c23-15-27-10-8-20(9-11-27)29-19-6-4-16(5-7-19)12-18(24)14-28-21-3-1-2-17(13-21)22(25)26;8-7(9)5-1-3-6(10)4-2-5;1-2;/h1-7,13,15,18,20,23H,8-12,14,24H2,(H3,25,26);1-4,10H,(H,8,9);1-2H3;1H4/t18-;;;/m0.../s1. The van der Waals surface area contributed by atoms with Crippen LogP contribution in [0.15, 0.2) is 77.7 Å². The monoisotopic (exact) mass is 595 g/mol. The zero-order chi connectivity index (χ0) is 30.2. The van der Waals surface area contributed by atoms with Gasteiger partial charge in [0.15, 0.2) is 0 Å². The van der Waals surface area contributed by atoms with Gasteiger partial charge < -0.3 is 30.9 Å². The van der Waals surface area contributed by atoms with Crippen LogP contribution in [-0.2, 0) is 6.42 Å². The van der Waals surface area contributed by atoms with Gasteiger partial charge in [0, 0.05) is 42.4 Å². The largest absolute Gasteiger partial charge is 0.492 e. The van der Waals surface area contributed by atoms with Crippen molar-refractivity contribution < 1.29 is 19.4 Å². The fourth-order valence-corrected chi connectivity index (χ4v) is 4.09. The number of hydrogen-bond acceptors (Lipinski definition) is 7. The van der Waals surface area contributed by atoms with Gasteiger partial charge in [0.05, 0.1) is 11.9 Å².